The summed E-state index contributed by atoms with van der Waals surface area (Å²) in [5.74, 6) is 0. The molecule has 0 heterocycles. The Labute approximate surface area is 143 Å². The second-order valence-electron chi connectivity index (χ2n) is 4.50. The van der Waals surface area contributed by atoms with Crippen LogP contribution in [0.15, 0.2) is 53.6 Å². The summed E-state index contributed by atoms with van der Waals surface area (Å²) in [4.78, 5) is 10.2. The van der Waals surface area contributed by atoms with Crippen molar-refractivity contribution in [2.24, 2.45) is 5.10 Å². The van der Waals surface area contributed by atoms with Crippen LogP contribution in [-0.2, 0) is 6.54 Å². The van der Waals surface area contributed by atoms with Gasteiger partial charge in [-0.3, -0.25) is 15.5 Å². The molecule has 0 aromatic heterocycles. The molecule has 2 aromatic rings. The number of nitro benzene ring substituents is 1. The zero-order valence-corrected chi connectivity index (χ0v) is 13.5. The van der Waals surface area contributed by atoms with Crippen molar-refractivity contribution >= 4 is 40.8 Å². The number of nitrogens with one attached hydrogen (secondary N) is 2. The molecule has 0 unspecified atom stereocenters. The Balaban J connectivity index is 1.90. The van der Waals surface area contributed by atoms with Gasteiger partial charge >= 0.3 is 0 Å². The fourth-order valence-electron chi connectivity index (χ4n) is 1.72. The smallest absolute Gasteiger partial charge is 0.270 e. The monoisotopic (exact) mass is 348 g/mol. The second-order valence-corrected chi connectivity index (χ2v) is 5.32. The van der Waals surface area contributed by atoms with Crippen LogP contribution in [0.2, 0.25) is 5.02 Å². The number of rotatable bonds is 5. The molecule has 0 radical (unpaired) electrons. The molecule has 0 bridgehead atoms. The summed E-state index contributed by atoms with van der Waals surface area (Å²) in [6.07, 6.45) is 1.38. The molecule has 6 nitrogen and oxygen atoms in total. The number of thiocarbonyl (C=S) groups is 1. The average Bonchev–Trinajstić information content (AvgIpc) is 2.55. The summed E-state index contributed by atoms with van der Waals surface area (Å²) in [5.41, 5.74) is 4.10. The number of hydrogen-bond acceptors (Lipinski definition) is 4. The van der Waals surface area contributed by atoms with E-state index in [0.29, 0.717) is 22.2 Å². The van der Waals surface area contributed by atoms with Crippen LogP contribution >= 0.6 is 23.8 Å². The highest BCUT2D eigenvalue weighted by molar-refractivity contribution is 7.80. The maximum absolute atomic E-state index is 10.7. The summed E-state index contributed by atoms with van der Waals surface area (Å²) in [6.45, 7) is 0.569. The van der Waals surface area contributed by atoms with E-state index in [1.807, 2.05) is 30.3 Å². The van der Waals surface area contributed by atoms with Crippen molar-refractivity contribution < 1.29 is 4.92 Å². The van der Waals surface area contributed by atoms with E-state index >= 15 is 0 Å². The van der Waals surface area contributed by atoms with Gasteiger partial charge in [-0.05, 0) is 23.8 Å². The van der Waals surface area contributed by atoms with E-state index in [2.05, 4.69) is 15.8 Å². The number of halogens is 1. The van der Waals surface area contributed by atoms with Crippen molar-refractivity contribution in [2.45, 2.75) is 6.54 Å². The van der Waals surface area contributed by atoms with Gasteiger partial charge in [0.15, 0.2) is 5.11 Å². The highest BCUT2D eigenvalue weighted by Gasteiger charge is 2.08. The van der Waals surface area contributed by atoms with Gasteiger partial charge in [0.05, 0.1) is 11.1 Å². The van der Waals surface area contributed by atoms with Crippen LogP contribution in [0.4, 0.5) is 5.69 Å². The van der Waals surface area contributed by atoms with Crippen LogP contribution in [0.5, 0.6) is 0 Å². The molecule has 0 aliphatic carbocycles. The van der Waals surface area contributed by atoms with E-state index in [9.17, 15) is 10.1 Å². The number of nitrogens with zero attached hydrogens (tertiary/aromatic N) is 2. The first-order valence-corrected chi connectivity index (χ1v) is 7.39. The fourth-order valence-corrected chi connectivity index (χ4v) is 2.01. The Morgan fingerprint density at radius 3 is 2.74 bits per heavy atom. The van der Waals surface area contributed by atoms with Gasteiger partial charge in [0.1, 0.15) is 0 Å². The zero-order valence-electron chi connectivity index (χ0n) is 11.9. The van der Waals surface area contributed by atoms with Crippen molar-refractivity contribution in [3.05, 3.63) is 74.8 Å². The topological polar surface area (TPSA) is 79.6 Å². The van der Waals surface area contributed by atoms with E-state index in [1.165, 1.54) is 24.4 Å². The van der Waals surface area contributed by atoms with Crippen molar-refractivity contribution in [1.82, 2.24) is 10.7 Å². The molecular weight excluding hydrogens is 336 g/mol. The highest BCUT2D eigenvalue weighted by Crippen LogP contribution is 2.20. The summed E-state index contributed by atoms with van der Waals surface area (Å²) in [7, 11) is 0. The lowest BCUT2D eigenvalue weighted by Crippen LogP contribution is -2.31. The molecule has 2 N–H and O–H groups in total. The summed E-state index contributed by atoms with van der Waals surface area (Å²) < 4.78 is 0. The molecule has 0 spiro atoms. The summed E-state index contributed by atoms with van der Waals surface area (Å²) in [6, 6.07) is 13.9. The van der Waals surface area contributed by atoms with Gasteiger partial charge in [-0.2, -0.15) is 5.10 Å². The molecular formula is C15H13ClN4O2S. The molecule has 0 saturated carbocycles. The van der Waals surface area contributed by atoms with Crippen LogP contribution in [0, 0.1) is 10.1 Å². The van der Waals surface area contributed by atoms with Crippen molar-refractivity contribution in [1.29, 1.82) is 0 Å². The van der Waals surface area contributed by atoms with E-state index in [-0.39, 0.29) is 5.69 Å². The Kier molecular flexibility index (Phi) is 6.02. The van der Waals surface area contributed by atoms with E-state index in [4.69, 9.17) is 23.8 Å². The van der Waals surface area contributed by atoms with Gasteiger partial charge in [0, 0.05) is 29.3 Å². The predicted molar refractivity (Wildman–Crippen MR) is 94.7 cm³/mol. The minimum Gasteiger partial charge on any atom is -0.357 e. The second kappa shape index (κ2) is 8.21. The number of hydrazone groups is 1. The lowest BCUT2D eigenvalue weighted by atomic mass is 10.2. The minimum atomic E-state index is -0.493. The molecule has 0 amide bonds. The Morgan fingerprint density at radius 2 is 2.04 bits per heavy atom. The molecule has 0 aliphatic rings. The van der Waals surface area contributed by atoms with Crippen LogP contribution in [-0.4, -0.2) is 16.3 Å². The Bertz CT molecular complexity index is 738. The fraction of sp³-hybridized carbons (Fsp3) is 0.0667. The summed E-state index contributed by atoms with van der Waals surface area (Å²) >= 11 is 11.1. The molecule has 0 saturated heterocycles. The molecule has 0 fully saturated rings. The normalized spacial score (nSPS) is 10.5. The van der Waals surface area contributed by atoms with Gasteiger partial charge in [-0.25, -0.2) is 0 Å². The Morgan fingerprint density at radius 1 is 1.30 bits per heavy atom. The van der Waals surface area contributed by atoms with Gasteiger partial charge in [-0.1, -0.05) is 41.9 Å². The number of hydrogen-bond donors (Lipinski definition) is 2. The molecule has 0 atom stereocenters. The van der Waals surface area contributed by atoms with Gasteiger partial charge in [0.25, 0.3) is 5.69 Å². The quantitative estimate of drug-likeness (QED) is 0.375. The molecule has 118 valence electrons. The number of nitro groups is 1. The summed E-state index contributed by atoms with van der Waals surface area (Å²) in [5, 5.41) is 18.4. The maximum atomic E-state index is 10.7. The minimum absolute atomic E-state index is 0.0550. The Hall–Kier alpha value is -2.51. The van der Waals surface area contributed by atoms with Crippen LogP contribution in [0.25, 0.3) is 0 Å². The maximum Gasteiger partial charge on any atom is 0.270 e. The van der Waals surface area contributed by atoms with Crippen molar-refractivity contribution in [3.8, 4) is 0 Å². The van der Waals surface area contributed by atoms with E-state index < -0.39 is 4.92 Å². The van der Waals surface area contributed by atoms with E-state index in [0.717, 1.165) is 5.56 Å². The molecule has 0 aliphatic heterocycles. The SMILES string of the molecule is O=[N+]([O-])c1ccc(Cl)c(/C=N\NC(=S)NCc2ccccc2)c1. The highest BCUT2D eigenvalue weighted by atomic mass is 35.5. The third-order valence-electron chi connectivity index (χ3n) is 2.86. The number of non-ortho nitro benzene ring substituents is 1. The number of benzene rings is 2. The van der Waals surface area contributed by atoms with Crippen LogP contribution in [0.1, 0.15) is 11.1 Å². The molecule has 8 heteroatoms. The third kappa shape index (κ3) is 5.32. The van der Waals surface area contributed by atoms with E-state index in [1.54, 1.807) is 0 Å². The van der Waals surface area contributed by atoms with Crippen LogP contribution in [0.3, 0.4) is 0 Å². The third-order valence-corrected chi connectivity index (χ3v) is 3.44. The lowest BCUT2D eigenvalue weighted by molar-refractivity contribution is -0.384. The van der Waals surface area contributed by atoms with Gasteiger partial charge in [-0.15, -0.1) is 0 Å². The van der Waals surface area contributed by atoms with Gasteiger partial charge in [0.2, 0.25) is 0 Å². The molecule has 2 rings (SSSR count). The van der Waals surface area contributed by atoms with Gasteiger partial charge < -0.3 is 5.32 Å². The van der Waals surface area contributed by atoms with Crippen molar-refractivity contribution in [3.63, 3.8) is 0 Å². The van der Waals surface area contributed by atoms with Crippen LogP contribution < -0.4 is 10.7 Å². The molecule has 23 heavy (non-hydrogen) atoms. The lowest BCUT2D eigenvalue weighted by Gasteiger charge is -2.06. The molecule has 2 aromatic carbocycles. The average molecular weight is 349 g/mol. The standard InChI is InChI=1S/C15H13ClN4O2S/c16-14-7-6-13(20(21)22)8-12(14)10-18-19-15(23)17-9-11-4-2-1-3-5-11/h1-8,10H,9H2,(H2,17,19,23)/b18-10-. The first-order chi connectivity index (χ1) is 11.1. The first-order valence-electron chi connectivity index (χ1n) is 6.61. The van der Waals surface area contributed by atoms with Crippen molar-refractivity contribution in [2.75, 3.05) is 0 Å². The first kappa shape index (κ1) is 16.9. The largest absolute Gasteiger partial charge is 0.357 e. The predicted octanol–water partition coefficient (Wildman–Crippen LogP) is 3.25. The zero-order chi connectivity index (χ0) is 16.7.